The molecule has 5 nitrogen and oxygen atoms in total. The first kappa shape index (κ1) is 20.0. The third-order valence-electron chi connectivity index (χ3n) is 6.22. The number of carbonyl (C=O) groups excluding carboxylic acids is 1. The summed E-state index contributed by atoms with van der Waals surface area (Å²) in [6.07, 6.45) is 2.29. The number of anilines is 1. The van der Waals surface area contributed by atoms with Gasteiger partial charge in [-0.1, -0.05) is 18.2 Å². The van der Waals surface area contributed by atoms with E-state index < -0.39 is 10.0 Å². The van der Waals surface area contributed by atoms with Gasteiger partial charge in [0.05, 0.1) is 10.6 Å². The Labute approximate surface area is 180 Å². The zero-order valence-corrected chi connectivity index (χ0v) is 18.1. The minimum atomic E-state index is -3.64. The molecule has 0 saturated carbocycles. The van der Waals surface area contributed by atoms with Crippen molar-refractivity contribution in [3.05, 3.63) is 58.9 Å². The third-order valence-corrected chi connectivity index (χ3v) is 9.40. The minimum absolute atomic E-state index is 0.0489. The zero-order chi connectivity index (χ0) is 20.9. The van der Waals surface area contributed by atoms with Gasteiger partial charge >= 0.3 is 0 Å². The molecular weight excluding hydrogens is 423 g/mol. The van der Waals surface area contributed by atoms with Crippen molar-refractivity contribution >= 4 is 33.4 Å². The molecule has 0 unspecified atom stereocenters. The number of benzene rings is 2. The Bertz CT molecular complexity index is 1120. The first-order valence-corrected chi connectivity index (χ1v) is 12.8. The normalized spacial score (nSPS) is 22.1. The fourth-order valence-electron chi connectivity index (χ4n) is 4.70. The lowest BCUT2D eigenvalue weighted by Crippen LogP contribution is -2.34. The van der Waals surface area contributed by atoms with Gasteiger partial charge in [0.15, 0.2) is 0 Å². The molecular formula is C22H23FN2O3S2. The maximum Gasteiger partial charge on any atom is 0.243 e. The monoisotopic (exact) mass is 446 g/mol. The van der Waals surface area contributed by atoms with E-state index in [1.54, 1.807) is 40.9 Å². The summed E-state index contributed by atoms with van der Waals surface area (Å²) in [5.74, 6) is 0.516. The van der Waals surface area contributed by atoms with Crippen molar-refractivity contribution in [2.45, 2.75) is 35.8 Å². The van der Waals surface area contributed by atoms with E-state index >= 15 is 0 Å². The standard InChI is InChI=1S/C22H23FN2O3S2/c23-19-4-2-1-3-18(19)20-8-9-24(11-12-29-20)30(27,28)17-13-15-5-6-21(26)25-10-7-16(14-17)22(15)25/h1-4,13-14,20H,5-12H2/t20-/m0/s1. The number of thioether (sulfide) groups is 1. The highest BCUT2D eigenvalue weighted by atomic mass is 32.2. The molecule has 5 rings (SSSR count). The predicted octanol–water partition coefficient (Wildman–Crippen LogP) is 3.53. The van der Waals surface area contributed by atoms with Gasteiger partial charge in [-0.3, -0.25) is 4.79 Å². The second-order valence-electron chi connectivity index (χ2n) is 7.96. The van der Waals surface area contributed by atoms with Crippen molar-refractivity contribution in [1.29, 1.82) is 0 Å². The molecule has 0 N–H and O–H groups in total. The van der Waals surface area contributed by atoms with Crippen molar-refractivity contribution in [1.82, 2.24) is 4.31 Å². The summed E-state index contributed by atoms with van der Waals surface area (Å²) in [5, 5.41) is -0.0489. The third kappa shape index (κ3) is 3.35. The van der Waals surface area contributed by atoms with Crippen LogP contribution in [-0.2, 0) is 27.7 Å². The summed E-state index contributed by atoms with van der Waals surface area (Å²) in [4.78, 5) is 14.2. The van der Waals surface area contributed by atoms with Crippen LogP contribution in [0.1, 0.15) is 34.8 Å². The van der Waals surface area contributed by atoms with Crippen LogP contribution >= 0.6 is 11.8 Å². The van der Waals surface area contributed by atoms with E-state index in [1.807, 2.05) is 6.07 Å². The van der Waals surface area contributed by atoms with Crippen molar-refractivity contribution in [2.24, 2.45) is 0 Å². The average Bonchev–Trinajstić information content (AvgIpc) is 3.01. The molecule has 1 fully saturated rings. The maximum atomic E-state index is 14.2. The molecule has 2 aromatic carbocycles. The fraction of sp³-hybridized carbons (Fsp3) is 0.409. The van der Waals surface area contributed by atoms with Gasteiger partial charge in [0, 0.05) is 42.6 Å². The molecule has 0 radical (unpaired) electrons. The van der Waals surface area contributed by atoms with E-state index in [0.717, 1.165) is 16.8 Å². The lowest BCUT2D eigenvalue weighted by Gasteiger charge is -2.26. The van der Waals surface area contributed by atoms with Crippen LogP contribution in [0.2, 0.25) is 0 Å². The van der Waals surface area contributed by atoms with Gasteiger partial charge in [0.1, 0.15) is 5.82 Å². The molecule has 0 spiro atoms. The summed E-state index contributed by atoms with van der Waals surface area (Å²) in [6.45, 7) is 1.41. The molecule has 3 aliphatic rings. The van der Waals surface area contributed by atoms with Crippen molar-refractivity contribution in [3.8, 4) is 0 Å². The van der Waals surface area contributed by atoms with E-state index in [1.165, 1.54) is 10.4 Å². The van der Waals surface area contributed by atoms with Crippen LogP contribution in [0.5, 0.6) is 0 Å². The highest BCUT2D eigenvalue weighted by Crippen LogP contribution is 2.40. The van der Waals surface area contributed by atoms with Crippen LogP contribution < -0.4 is 4.90 Å². The van der Waals surface area contributed by atoms with Gasteiger partial charge in [0.2, 0.25) is 15.9 Å². The molecule has 8 heteroatoms. The van der Waals surface area contributed by atoms with Crippen LogP contribution in [0.25, 0.3) is 0 Å². The highest BCUT2D eigenvalue weighted by Gasteiger charge is 2.35. The number of carbonyl (C=O) groups is 1. The van der Waals surface area contributed by atoms with Crippen molar-refractivity contribution < 1.29 is 17.6 Å². The van der Waals surface area contributed by atoms with Gasteiger partial charge in [-0.2, -0.15) is 16.1 Å². The zero-order valence-electron chi connectivity index (χ0n) is 16.5. The van der Waals surface area contributed by atoms with Crippen LogP contribution in [0.3, 0.4) is 0 Å². The summed E-state index contributed by atoms with van der Waals surface area (Å²) < 4.78 is 42.6. The molecule has 1 amide bonds. The quantitative estimate of drug-likeness (QED) is 0.724. The number of nitrogens with zero attached hydrogens (tertiary/aromatic N) is 2. The molecule has 0 aliphatic carbocycles. The Morgan fingerprint density at radius 1 is 1.00 bits per heavy atom. The van der Waals surface area contributed by atoms with Crippen molar-refractivity contribution in [2.75, 3.05) is 30.3 Å². The largest absolute Gasteiger partial charge is 0.312 e. The lowest BCUT2D eigenvalue weighted by atomic mass is 10.00. The Morgan fingerprint density at radius 3 is 2.57 bits per heavy atom. The van der Waals surface area contributed by atoms with E-state index in [4.69, 9.17) is 0 Å². The topological polar surface area (TPSA) is 57.7 Å². The summed E-state index contributed by atoms with van der Waals surface area (Å²) >= 11 is 1.61. The second-order valence-corrected chi connectivity index (χ2v) is 11.2. The first-order chi connectivity index (χ1) is 14.4. The number of aryl methyl sites for hydroxylation is 1. The van der Waals surface area contributed by atoms with E-state index in [-0.39, 0.29) is 17.0 Å². The average molecular weight is 447 g/mol. The molecule has 3 heterocycles. The van der Waals surface area contributed by atoms with Gasteiger partial charge in [-0.15, -0.1) is 0 Å². The summed E-state index contributed by atoms with van der Waals surface area (Å²) in [6, 6.07) is 10.2. The Kier molecular flexibility index (Phi) is 5.11. The lowest BCUT2D eigenvalue weighted by molar-refractivity contribution is -0.118. The molecule has 158 valence electrons. The van der Waals surface area contributed by atoms with Crippen LogP contribution in [0.4, 0.5) is 10.1 Å². The van der Waals surface area contributed by atoms with Crippen LogP contribution in [0, 0.1) is 5.82 Å². The smallest absolute Gasteiger partial charge is 0.243 e. The SMILES string of the molecule is O=C1CCc2cc(S(=O)(=O)N3CCS[C@H](c4ccccc4F)CC3)cc3c2N1CC3. The predicted molar refractivity (Wildman–Crippen MR) is 116 cm³/mol. The second kappa shape index (κ2) is 7.66. The molecule has 1 saturated heterocycles. The van der Waals surface area contributed by atoms with E-state index in [9.17, 15) is 17.6 Å². The Hall–Kier alpha value is -1.90. The Morgan fingerprint density at radius 2 is 1.77 bits per heavy atom. The van der Waals surface area contributed by atoms with Gasteiger partial charge in [-0.25, -0.2) is 12.8 Å². The molecule has 2 aromatic rings. The van der Waals surface area contributed by atoms with Gasteiger partial charge < -0.3 is 4.90 Å². The summed E-state index contributed by atoms with van der Waals surface area (Å²) in [7, 11) is -3.64. The molecule has 30 heavy (non-hydrogen) atoms. The summed E-state index contributed by atoms with van der Waals surface area (Å²) in [5.41, 5.74) is 3.48. The molecule has 0 aromatic heterocycles. The van der Waals surface area contributed by atoms with Gasteiger partial charge in [0.25, 0.3) is 0 Å². The van der Waals surface area contributed by atoms with Crippen LogP contribution in [0.15, 0.2) is 41.3 Å². The molecule has 3 aliphatic heterocycles. The Balaban J connectivity index is 1.41. The number of rotatable bonds is 3. The highest BCUT2D eigenvalue weighted by molar-refractivity contribution is 7.99. The molecule has 0 bridgehead atoms. The van der Waals surface area contributed by atoms with Gasteiger partial charge in [-0.05, 0) is 48.6 Å². The number of halogens is 1. The fourth-order valence-corrected chi connectivity index (χ4v) is 7.63. The van der Waals surface area contributed by atoms with Crippen LogP contribution in [-0.4, -0.2) is 44.0 Å². The van der Waals surface area contributed by atoms with E-state index in [0.29, 0.717) is 61.5 Å². The number of hydrogen-bond acceptors (Lipinski definition) is 4. The van der Waals surface area contributed by atoms with E-state index in [2.05, 4.69) is 0 Å². The first-order valence-electron chi connectivity index (χ1n) is 10.3. The number of sulfonamides is 1. The number of amides is 1. The minimum Gasteiger partial charge on any atom is -0.312 e. The maximum absolute atomic E-state index is 14.2. The van der Waals surface area contributed by atoms with Crippen molar-refractivity contribution in [3.63, 3.8) is 0 Å². The molecule has 1 atom stereocenters. The number of hydrogen-bond donors (Lipinski definition) is 0.